The molecule has 1 fully saturated rings. The summed E-state index contributed by atoms with van der Waals surface area (Å²) in [5.74, 6) is -0.651. The molecule has 234 valence electrons. The van der Waals surface area contributed by atoms with Crippen molar-refractivity contribution < 1.29 is 14.3 Å². The first-order valence-electron chi connectivity index (χ1n) is 15.5. The van der Waals surface area contributed by atoms with Crippen LogP contribution in [0.1, 0.15) is 52.9 Å². The number of ether oxygens (including phenoxy) is 1. The zero-order chi connectivity index (χ0) is 32.4. The Morgan fingerprint density at radius 1 is 1.09 bits per heavy atom. The number of nitrogens with zero attached hydrogens (tertiary/aromatic N) is 5. The Kier molecular flexibility index (Phi) is 8.79. The fourth-order valence-corrected chi connectivity index (χ4v) is 6.39. The molecule has 46 heavy (non-hydrogen) atoms. The van der Waals surface area contributed by atoms with E-state index < -0.39 is 0 Å². The highest BCUT2D eigenvalue weighted by Gasteiger charge is 2.23. The molecular weight excluding hydrogens is 578 g/mol. The summed E-state index contributed by atoms with van der Waals surface area (Å²) in [6.07, 6.45) is 9.54. The Bertz CT molecular complexity index is 2020. The highest BCUT2D eigenvalue weighted by atomic mass is 16.5. The van der Waals surface area contributed by atoms with Crippen LogP contribution >= 0.6 is 0 Å². The van der Waals surface area contributed by atoms with Gasteiger partial charge in [0.05, 0.1) is 40.2 Å². The van der Waals surface area contributed by atoms with Gasteiger partial charge in [-0.1, -0.05) is 24.3 Å². The number of nitrogens with one attached hydrogen (secondary N) is 2. The first-order valence-corrected chi connectivity index (χ1v) is 15.5. The lowest BCUT2D eigenvalue weighted by Crippen LogP contribution is -2.35. The highest BCUT2D eigenvalue weighted by molar-refractivity contribution is 6.17. The summed E-state index contributed by atoms with van der Waals surface area (Å²) in [5, 5.41) is 21.4. The number of imidazole rings is 1. The van der Waals surface area contributed by atoms with Crippen LogP contribution in [0.2, 0.25) is 0 Å². The number of carbonyl (C=O) groups excluding carboxylic acids is 2. The minimum Gasteiger partial charge on any atom is -0.381 e. The van der Waals surface area contributed by atoms with E-state index in [9.17, 15) is 14.9 Å². The van der Waals surface area contributed by atoms with E-state index in [0.717, 1.165) is 58.9 Å². The van der Waals surface area contributed by atoms with Crippen molar-refractivity contribution in [1.82, 2.24) is 24.6 Å². The molecule has 0 radical (unpaired) electrons. The van der Waals surface area contributed by atoms with E-state index in [-0.39, 0.29) is 17.3 Å². The third kappa shape index (κ3) is 6.07. The number of fused-ring (bicyclic) bond motifs is 2. The summed E-state index contributed by atoms with van der Waals surface area (Å²) in [7, 11) is 5.55. The number of hydrogen-bond acceptors (Lipinski definition) is 7. The Morgan fingerprint density at radius 2 is 1.89 bits per heavy atom. The Labute approximate surface area is 267 Å². The number of aromatic nitrogens is 4. The van der Waals surface area contributed by atoms with Crippen LogP contribution in [0.3, 0.4) is 0 Å². The second kappa shape index (κ2) is 13.1. The van der Waals surface area contributed by atoms with Crippen LogP contribution in [0.15, 0.2) is 67.0 Å². The monoisotopic (exact) mass is 615 g/mol. The maximum absolute atomic E-state index is 13.8. The highest BCUT2D eigenvalue weighted by Crippen LogP contribution is 2.35. The molecule has 0 bridgehead atoms. The van der Waals surface area contributed by atoms with E-state index in [1.807, 2.05) is 36.9 Å². The van der Waals surface area contributed by atoms with Gasteiger partial charge in [-0.2, -0.15) is 10.4 Å². The second-order valence-corrected chi connectivity index (χ2v) is 11.9. The van der Waals surface area contributed by atoms with E-state index in [1.165, 1.54) is 12.1 Å². The molecule has 1 saturated carbocycles. The van der Waals surface area contributed by atoms with Crippen molar-refractivity contribution in [3.05, 3.63) is 89.4 Å². The van der Waals surface area contributed by atoms with Gasteiger partial charge < -0.3 is 19.9 Å². The third-order valence-corrected chi connectivity index (χ3v) is 8.90. The lowest BCUT2D eigenvalue weighted by atomic mass is 9.93. The Hall–Kier alpha value is -5.11. The molecule has 2 heterocycles. The number of methoxy groups -OCH3 is 1. The first kappa shape index (κ1) is 30.9. The van der Waals surface area contributed by atoms with Crippen LogP contribution in [0.4, 0.5) is 5.69 Å². The smallest absolute Gasteiger partial charge is 0.248 e. The van der Waals surface area contributed by atoms with Gasteiger partial charge in [-0.25, -0.2) is 4.98 Å². The van der Waals surface area contributed by atoms with Crippen molar-refractivity contribution in [3.8, 4) is 17.2 Å². The zero-order valence-electron chi connectivity index (χ0n) is 26.5. The summed E-state index contributed by atoms with van der Waals surface area (Å²) in [6.45, 7) is 2.64. The fraction of sp³-hybridized carbons (Fsp3) is 0.306. The number of carbonyl (C=O) groups is 2. The first-order chi connectivity index (χ1) is 22.3. The number of benzene rings is 3. The number of amides is 1. The van der Waals surface area contributed by atoms with Gasteiger partial charge in [-0.15, -0.1) is 0 Å². The standard InChI is InChI=1S/C36H37N7O3/c1-22-17-32-31(39-21-42(32)2)19-29(22)27-7-5-8-28-34(41-43(3)35(27)28)36(45)23-10-15-30(24(18-23)20-37)40-33(44)9-6-16-38-25-11-13-26(46-4)14-12-25/h5-10,15,17-19,21,25-26,38H,11-14,16H2,1-4H3,(H,40,44)/b9-6+. The lowest BCUT2D eigenvalue weighted by molar-refractivity contribution is -0.111. The van der Waals surface area contributed by atoms with Crippen molar-refractivity contribution in [2.75, 3.05) is 19.0 Å². The van der Waals surface area contributed by atoms with Crippen molar-refractivity contribution in [3.63, 3.8) is 0 Å². The average molecular weight is 616 g/mol. The van der Waals surface area contributed by atoms with Gasteiger partial charge in [0.2, 0.25) is 11.7 Å². The lowest BCUT2D eigenvalue weighted by Gasteiger charge is -2.27. The number of anilines is 1. The largest absolute Gasteiger partial charge is 0.381 e. The summed E-state index contributed by atoms with van der Waals surface area (Å²) < 4.78 is 9.14. The molecule has 1 amide bonds. The van der Waals surface area contributed by atoms with E-state index in [1.54, 1.807) is 36.3 Å². The predicted octanol–water partition coefficient (Wildman–Crippen LogP) is 5.58. The van der Waals surface area contributed by atoms with Crippen LogP contribution in [0.5, 0.6) is 0 Å². The molecule has 5 aromatic rings. The van der Waals surface area contributed by atoms with Crippen LogP contribution in [-0.2, 0) is 23.6 Å². The minimum absolute atomic E-state index is 0.195. The van der Waals surface area contributed by atoms with Gasteiger partial charge in [0.25, 0.3) is 0 Å². The number of aryl methyl sites for hydroxylation is 3. The van der Waals surface area contributed by atoms with Crippen LogP contribution < -0.4 is 10.6 Å². The van der Waals surface area contributed by atoms with Crippen LogP contribution in [-0.4, -0.2) is 56.8 Å². The maximum Gasteiger partial charge on any atom is 0.248 e. The number of para-hydroxylation sites is 1. The minimum atomic E-state index is -0.345. The van der Waals surface area contributed by atoms with E-state index in [4.69, 9.17) is 4.74 Å². The summed E-state index contributed by atoms with van der Waals surface area (Å²) in [4.78, 5) is 30.9. The van der Waals surface area contributed by atoms with Gasteiger partial charge in [0.15, 0.2) is 0 Å². The van der Waals surface area contributed by atoms with Gasteiger partial charge in [-0.05, 0) is 74.1 Å². The number of rotatable bonds is 9. The zero-order valence-corrected chi connectivity index (χ0v) is 26.5. The molecule has 0 unspecified atom stereocenters. The van der Waals surface area contributed by atoms with Crippen LogP contribution in [0.25, 0.3) is 33.1 Å². The Morgan fingerprint density at radius 3 is 2.65 bits per heavy atom. The van der Waals surface area contributed by atoms with E-state index >= 15 is 0 Å². The van der Waals surface area contributed by atoms with E-state index in [0.29, 0.717) is 41.0 Å². The van der Waals surface area contributed by atoms with Gasteiger partial charge in [0, 0.05) is 56.4 Å². The number of nitriles is 1. The maximum atomic E-state index is 13.8. The van der Waals surface area contributed by atoms with Gasteiger partial charge in [-0.3, -0.25) is 14.3 Å². The molecule has 1 aliphatic carbocycles. The average Bonchev–Trinajstić information content (AvgIpc) is 3.61. The summed E-state index contributed by atoms with van der Waals surface area (Å²) >= 11 is 0. The molecule has 10 nitrogen and oxygen atoms in total. The molecular formula is C36H37N7O3. The Balaban J connectivity index is 1.19. The number of ketones is 1. The molecule has 2 N–H and O–H groups in total. The van der Waals surface area contributed by atoms with Gasteiger partial charge in [0.1, 0.15) is 11.8 Å². The summed E-state index contributed by atoms with van der Waals surface area (Å²) in [5.41, 5.74) is 6.97. The van der Waals surface area contributed by atoms with Crippen molar-refractivity contribution >= 4 is 39.3 Å². The summed E-state index contributed by atoms with van der Waals surface area (Å²) in [6, 6.07) is 17.3. The van der Waals surface area contributed by atoms with E-state index in [2.05, 4.69) is 45.8 Å². The molecule has 0 aliphatic heterocycles. The van der Waals surface area contributed by atoms with Crippen molar-refractivity contribution in [2.24, 2.45) is 14.1 Å². The molecule has 2 aromatic heterocycles. The predicted molar refractivity (Wildman–Crippen MR) is 179 cm³/mol. The third-order valence-electron chi connectivity index (χ3n) is 8.90. The normalized spacial score (nSPS) is 16.7. The molecule has 3 aromatic carbocycles. The fourth-order valence-electron chi connectivity index (χ4n) is 6.39. The molecule has 1 aliphatic rings. The topological polar surface area (TPSA) is 127 Å². The SMILES string of the molecule is COC1CCC(NC/C=C/C(=O)Nc2ccc(C(=O)c3nn(C)c4c(-c5cc6ncn(C)c6cc5C)cccc34)cc2C#N)CC1. The molecule has 6 rings (SSSR count). The molecule has 0 spiro atoms. The van der Waals surface area contributed by atoms with Crippen molar-refractivity contribution in [2.45, 2.75) is 44.8 Å². The number of hydrogen-bond donors (Lipinski definition) is 2. The molecule has 0 atom stereocenters. The van der Waals surface area contributed by atoms with Crippen molar-refractivity contribution in [1.29, 1.82) is 5.26 Å². The second-order valence-electron chi connectivity index (χ2n) is 11.9. The molecule has 10 heteroatoms. The molecule has 0 saturated heterocycles. The van der Waals surface area contributed by atoms with Gasteiger partial charge >= 0.3 is 0 Å². The quantitative estimate of drug-likeness (QED) is 0.164. The van der Waals surface area contributed by atoms with Crippen LogP contribution in [0, 0.1) is 18.3 Å².